The number of hydrogen-bond donors (Lipinski definition) is 0. The third-order valence-electron chi connectivity index (χ3n) is 4.88. The minimum absolute atomic E-state index is 0.0277. The monoisotopic (exact) mass is 447 g/mol. The van der Waals surface area contributed by atoms with Crippen molar-refractivity contribution >= 4 is 11.8 Å². The van der Waals surface area contributed by atoms with Crippen molar-refractivity contribution in [1.82, 2.24) is 14.1 Å². The Balaban J connectivity index is 1.65. The quantitative estimate of drug-likeness (QED) is 0.519. The zero-order valence-electron chi connectivity index (χ0n) is 16.6. The maximum Gasteiger partial charge on any atom is 0.387 e. The van der Waals surface area contributed by atoms with Crippen LogP contribution >= 0.6 is 11.8 Å². The molecule has 0 saturated carbocycles. The normalized spacial score (nSPS) is 12.6. The summed E-state index contributed by atoms with van der Waals surface area (Å²) in [6.07, 6.45) is 2.51. The number of ether oxygens (including phenoxy) is 2. The lowest BCUT2D eigenvalue weighted by Gasteiger charge is -2.14. The molecule has 0 saturated heterocycles. The van der Waals surface area contributed by atoms with Crippen LogP contribution in [0.25, 0.3) is 0 Å². The summed E-state index contributed by atoms with van der Waals surface area (Å²) in [5, 5.41) is 0.279. The van der Waals surface area contributed by atoms with Gasteiger partial charge in [-0.2, -0.15) is 13.8 Å². The van der Waals surface area contributed by atoms with E-state index < -0.39 is 18.0 Å². The summed E-state index contributed by atoms with van der Waals surface area (Å²) < 4.78 is 37.0. The predicted octanol–water partition coefficient (Wildman–Crippen LogP) is 2.76. The maximum atomic E-state index is 13.1. The number of fused-ring (bicyclic) bond motifs is 1. The molecule has 1 aliphatic heterocycles. The second kappa shape index (κ2) is 8.93. The lowest BCUT2D eigenvalue weighted by atomic mass is 10.1. The molecule has 1 aromatic heterocycles. The van der Waals surface area contributed by atoms with Gasteiger partial charge in [0.05, 0.1) is 19.7 Å². The molecule has 0 N–H and O–H groups in total. The molecule has 0 amide bonds. The highest BCUT2D eigenvalue weighted by molar-refractivity contribution is 7.98. The van der Waals surface area contributed by atoms with Gasteiger partial charge in [0, 0.05) is 6.42 Å². The van der Waals surface area contributed by atoms with Gasteiger partial charge in [-0.1, -0.05) is 36.0 Å². The van der Waals surface area contributed by atoms with Gasteiger partial charge in [-0.05, 0) is 41.1 Å². The van der Waals surface area contributed by atoms with Crippen molar-refractivity contribution in [2.75, 3.05) is 12.9 Å². The molecule has 10 heteroatoms. The molecule has 2 aromatic carbocycles. The Morgan fingerprint density at radius 3 is 2.52 bits per heavy atom. The fourth-order valence-electron chi connectivity index (χ4n) is 3.42. The molecule has 0 atom stereocenters. The summed E-state index contributed by atoms with van der Waals surface area (Å²) >= 11 is 1.18. The summed E-state index contributed by atoms with van der Waals surface area (Å²) in [7, 11) is 0. The molecule has 3 aromatic rings. The average molecular weight is 447 g/mol. The number of benzene rings is 2. The highest BCUT2D eigenvalue weighted by atomic mass is 32.2. The van der Waals surface area contributed by atoms with Crippen LogP contribution in [0.15, 0.2) is 57.2 Å². The Bertz CT molecular complexity index is 1210. The van der Waals surface area contributed by atoms with E-state index in [9.17, 15) is 18.4 Å². The highest BCUT2D eigenvalue weighted by Gasteiger charge is 2.16. The molecule has 0 aliphatic carbocycles. The molecule has 1 aliphatic rings. The van der Waals surface area contributed by atoms with Crippen LogP contribution in [0, 0.1) is 0 Å². The molecular weight excluding hydrogens is 428 g/mol. The summed E-state index contributed by atoms with van der Waals surface area (Å²) in [5.74, 6) is 0.850. The molecule has 0 unspecified atom stereocenters. The number of rotatable bonds is 7. The third-order valence-corrected chi connectivity index (χ3v) is 5.56. The molecule has 0 bridgehead atoms. The first-order chi connectivity index (χ1) is 14.9. The van der Waals surface area contributed by atoms with Gasteiger partial charge in [0.15, 0.2) is 5.16 Å². The van der Waals surface area contributed by atoms with E-state index in [0.717, 1.165) is 27.9 Å². The Hall–Kier alpha value is -3.14. The van der Waals surface area contributed by atoms with E-state index in [1.807, 2.05) is 18.2 Å². The number of thioether (sulfide) groups is 1. The van der Waals surface area contributed by atoms with Gasteiger partial charge >= 0.3 is 18.0 Å². The Labute approximate surface area is 180 Å². The third kappa shape index (κ3) is 4.63. The van der Waals surface area contributed by atoms with Gasteiger partial charge in [-0.3, -0.25) is 4.57 Å². The van der Waals surface area contributed by atoms with Crippen molar-refractivity contribution < 1.29 is 18.3 Å². The highest BCUT2D eigenvalue weighted by Crippen LogP contribution is 2.26. The fraction of sp³-hybridized carbons (Fsp3) is 0.286. The van der Waals surface area contributed by atoms with E-state index in [4.69, 9.17) is 4.74 Å². The molecular formula is C21H19F2N3O4S. The van der Waals surface area contributed by atoms with Crippen LogP contribution < -0.4 is 20.9 Å². The second-order valence-electron chi connectivity index (χ2n) is 6.90. The minimum atomic E-state index is -2.91. The van der Waals surface area contributed by atoms with E-state index in [1.54, 1.807) is 18.4 Å². The Kier molecular flexibility index (Phi) is 6.08. The predicted molar refractivity (Wildman–Crippen MR) is 111 cm³/mol. The van der Waals surface area contributed by atoms with Crippen LogP contribution in [0.1, 0.15) is 16.7 Å². The number of aromatic nitrogens is 3. The second-order valence-corrected chi connectivity index (χ2v) is 7.67. The molecule has 0 fully saturated rings. The zero-order chi connectivity index (χ0) is 22.0. The van der Waals surface area contributed by atoms with Crippen molar-refractivity contribution in [2.24, 2.45) is 0 Å². The molecule has 2 heterocycles. The van der Waals surface area contributed by atoms with E-state index in [2.05, 4.69) is 9.72 Å². The van der Waals surface area contributed by atoms with Gasteiger partial charge in [-0.25, -0.2) is 14.2 Å². The van der Waals surface area contributed by atoms with Crippen molar-refractivity contribution in [1.29, 1.82) is 0 Å². The average Bonchev–Trinajstić information content (AvgIpc) is 3.21. The van der Waals surface area contributed by atoms with E-state index >= 15 is 0 Å². The number of halogens is 2. The maximum absolute atomic E-state index is 13.1. The van der Waals surface area contributed by atoms with Gasteiger partial charge in [-0.15, -0.1) is 0 Å². The molecule has 0 spiro atoms. The topological polar surface area (TPSA) is 75.4 Å². The van der Waals surface area contributed by atoms with Crippen molar-refractivity contribution in [3.8, 4) is 11.5 Å². The van der Waals surface area contributed by atoms with E-state index in [0.29, 0.717) is 12.2 Å². The zero-order valence-corrected chi connectivity index (χ0v) is 17.4. The number of nitrogens with zero attached hydrogens (tertiary/aromatic N) is 3. The lowest BCUT2D eigenvalue weighted by Crippen LogP contribution is -2.42. The van der Waals surface area contributed by atoms with Crippen LogP contribution in [-0.2, 0) is 19.5 Å². The van der Waals surface area contributed by atoms with Crippen molar-refractivity contribution in [3.63, 3.8) is 0 Å². The fourth-order valence-corrected chi connectivity index (χ4v) is 3.95. The molecule has 31 heavy (non-hydrogen) atoms. The number of hydrogen-bond acceptors (Lipinski definition) is 6. The molecule has 7 nitrogen and oxygen atoms in total. The van der Waals surface area contributed by atoms with Gasteiger partial charge in [0.2, 0.25) is 0 Å². The standard InChI is InChI=1S/C21H19F2N3O4S/c1-31-20-24-19(27)25(12-14-4-7-17-15(10-14)8-9-29-17)21(28)26(20)11-13-2-5-16(6-3-13)30-18(22)23/h2-7,10,18H,8-9,11-12H2,1H3. The van der Waals surface area contributed by atoms with Crippen LogP contribution in [0.5, 0.6) is 11.5 Å². The SMILES string of the molecule is CSc1nc(=O)n(Cc2ccc3c(c2)CCO3)c(=O)n1Cc1ccc(OC(F)F)cc1. The summed E-state index contributed by atoms with van der Waals surface area (Å²) in [6, 6.07) is 11.6. The van der Waals surface area contributed by atoms with Gasteiger partial charge < -0.3 is 9.47 Å². The Morgan fingerprint density at radius 1 is 1.10 bits per heavy atom. The first kappa shape index (κ1) is 21.1. The van der Waals surface area contributed by atoms with Gasteiger partial charge in [0.1, 0.15) is 11.5 Å². The lowest BCUT2D eigenvalue weighted by molar-refractivity contribution is -0.0498. The van der Waals surface area contributed by atoms with Gasteiger partial charge in [0.25, 0.3) is 0 Å². The summed E-state index contributed by atoms with van der Waals surface area (Å²) in [6.45, 7) is -2.06. The van der Waals surface area contributed by atoms with Crippen LogP contribution in [0.4, 0.5) is 8.78 Å². The number of alkyl halides is 2. The van der Waals surface area contributed by atoms with E-state index in [1.165, 1.54) is 28.5 Å². The molecule has 4 rings (SSSR count). The smallest absolute Gasteiger partial charge is 0.387 e. The van der Waals surface area contributed by atoms with Crippen LogP contribution in [0.3, 0.4) is 0 Å². The van der Waals surface area contributed by atoms with Crippen LogP contribution in [0.2, 0.25) is 0 Å². The minimum Gasteiger partial charge on any atom is -0.493 e. The summed E-state index contributed by atoms with van der Waals surface area (Å²) in [5.41, 5.74) is 1.42. The van der Waals surface area contributed by atoms with E-state index in [-0.39, 0.29) is 24.0 Å². The first-order valence-electron chi connectivity index (χ1n) is 9.48. The van der Waals surface area contributed by atoms with Crippen LogP contribution in [-0.4, -0.2) is 33.6 Å². The summed E-state index contributed by atoms with van der Waals surface area (Å²) in [4.78, 5) is 29.7. The first-order valence-corrected chi connectivity index (χ1v) is 10.7. The Morgan fingerprint density at radius 2 is 1.81 bits per heavy atom. The molecule has 162 valence electrons. The largest absolute Gasteiger partial charge is 0.493 e. The van der Waals surface area contributed by atoms with Crippen molar-refractivity contribution in [2.45, 2.75) is 31.3 Å². The van der Waals surface area contributed by atoms with Crippen molar-refractivity contribution in [3.05, 3.63) is 80.1 Å². The molecule has 0 radical (unpaired) electrons.